The van der Waals surface area contributed by atoms with E-state index in [9.17, 15) is 9.59 Å². The van der Waals surface area contributed by atoms with Gasteiger partial charge in [0.15, 0.2) is 11.5 Å². The van der Waals surface area contributed by atoms with Crippen LogP contribution < -0.4 is 24.8 Å². The van der Waals surface area contributed by atoms with E-state index in [0.717, 1.165) is 5.56 Å². The van der Waals surface area contributed by atoms with Crippen LogP contribution in [-0.2, 0) is 11.3 Å². The van der Waals surface area contributed by atoms with E-state index in [0.29, 0.717) is 35.0 Å². The number of hydrogen-bond acceptors (Lipinski definition) is 6. The summed E-state index contributed by atoms with van der Waals surface area (Å²) >= 11 is 0. The zero-order chi connectivity index (χ0) is 20.5. The normalized spacial score (nSPS) is 9.79. The number of carbonyl (C=O) groups excluding carboxylic acids is 2. The van der Waals surface area contributed by atoms with Crippen molar-refractivity contribution in [3.05, 3.63) is 47.5 Å². The molecule has 0 aliphatic heterocycles. The van der Waals surface area contributed by atoms with Crippen LogP contribution in [0.15, 0.2) is 36.4 Å². The molecule has 0 heterocycles. The molecule has 0 saturated heterocycles. The highest BCUT2D eigenvalue weighted by Crippen LogP contribution is 2.38. The number of ether oxygens (including phenoxy) is 3. The van der Waals surface area contributed by atoms with Gasteiger partial charge < -0.3 is 24.8 Å². The summed E-state index contributed by atoms with van der Waals surface area (Å²) in [6.45, 7) is 0.294. The number of nitriles is 1. The molecule has 0 saturated carbocycles. The monoisotopic (exact) mass is 383 g/mol. The van der Waals surface area contributed by atoms with Gasteiger partial charge in [0.05, 0.1) is 27.4 Å². The van der Waals surface area contributed by atoms with Gasteiger partial charge in [-0.25, -0.2) is 0 Å². The molecule has 2 aromatic rings. The number of amides is 2. The molecule has 0 aliphatic rings. The van der Waals surface area contributed by atoms with Crippen molar-refractivity contribution < 1.29 is 23.8 Å². The van der Waals surface area contributed by atoms with Crippen LogP contribution in [0.25, 0.3) is 0 Å². The number of rotatable bonds is 8. The van der Waals surface area contributed by atoms with Crippen molar-refractivity contribution in [1.29, 1.82) is 5.26 Å². The molecule has 146 valence electrons. The van der Waals surface area contributed by atoms with Crippen LogP contribution in [0.2, 0.25) is 0 Å². The van der Waals surface area contributed by atoms with Crippen LogP contribution >= 0.6 is 0 Å². The molecule has 0 fully saturated rings. The summed E-state index contributed by atoms with van der Waals surface area (Å²) in [6.07, 6.45) is -0.202. The molecule has 0 bridgehead atoms. The van der Waals surface area contributed by atoms with Crippen LogP contribution in [0.5, 0.6) is 17.2 Å². The van der Waals surface area contributed by atoms with E-state index in [1.807, 2.05) is 0 Å². The second-order valence-corrected chi connectivity index (χ2v) is 5.68. The van der Waals surface area contributed by atoms with Crippen molar-refractivity contribution in [3.8, 4) is 23.3 Å². The van der Waals surface area contributed by atoms with E-state index in [1.165, 1.54) is 21.3 Å². The van der Waals surface area contributed by atoms with Crippen molar-refractivity contribution in [2.24, 2.45) is 0 Å². The van der Waals surface area contributed by atoms with Gasteiger partial charge in [0.25, 0.3) is 5.91 Å². The Bertz CT molecular complexity index is 863. The Morgan fingerprint density at radius 1 is 1.00 bits per heavy atom. The number of carbonyl (C=O) groups is 2. The molecule has 2 N–H and O–H groups in total. The first-order chi connectivity index (χ1) is 13.5. The molecule has 0 aromatic heterocycles. The number of hydrogen-bond donors (Lipinski definition) is 2. The fourth-order valence-electron chi connectivity index (χ4n) is 2.48. The van der Waals surface area contributed by atoms with E-state index in [-0.39, 0.29) is 18.2 Å². The topological polar surface area (TPSA) is 110 Å². The fourth-order valence-corrected chi connectivity index (χ4v) is 2.48. The third-order valence-electron chi connectivity index (χ3n) is 3.86. The Labute approximate surface area is 163 Å². The highest BCUT2D eigenvalue weighted by molar-refractivity contribution is 5.95. The molecule has 0 radical (unpaired) electrons. The van der Waals surface area contributed by atoms with Gasteiger partial charge in [0.1, 0.15) is 6.42 Å². The molecule has 0 spiro atoms. The number of benzene rings is 2. The third kappa shape index (κ3) is 5.14. The minimum atomic E-state index is -0.369. The summed E-state index contributed by atoms with van der Waals surface area (Å²) in [5.74, 6) is 0.529. The Hall–Kier alpha value is -3.73. The Morgan fingerprint density at radius 3 is 2.11 bits per heavy atom. The van der Waals surface area contributed by atoms with Gasteiger partial charge in [0, 0.05) is 17.8 Å². The molecular weight excluding hydrogens is 362 g/mol. The first-order valence-electron chi connectivity index (χ1n) is 8.36. The predicted molar refractivity (Wildman–Crippen MR) is 103 cm³/mol. The Balaban J connectivity index is 2.04. The van der Waals surface area contributed by atoms with Crippen LogP contribution in [-0.4, -0.2) is 33.1 Å². The molecule has 8 nitrogen and oxygen atoms in total. The molecule has 2 amide bonds. The zero-order valence-corrected chi connectivity index (χ0v) is 15.9. The molecular formula is C20H21N3O5. The smallest absolute Gasteiger partial charge is 0.251 e. The molecule has 2 aromatic carbocycles. The first kappa shape index (κ1) is 20.6. The van der Waals surface area contributed by atoms with Crippen molar-refractivity contribution in [2.75, 3.05) is 26.6 Å². The van der Waals surface area contributed by atoms with Gasteiger partial charge in [-0.2, -0.15) is 5.26 Å². The zero-order valence-electron chi connectivity index (χ0n) is 15.9. The van der Waals surface area contributed by atoms with Gasteiger partial charge >= 0.3 is 0 Å². The maximum atomic E-state index is 12.5. The lowest BCUT2D eigenvalue weighted by atomic mass is 10.1. The van der Waals surface area contributed by atoms with Gasteiger partial charge in [-0.05, 0) is 29.8 Å². The molecule has 0 aliphatic carbocycles. The lowest BCUT2D eigenvalue weighted by Gasteiger charge is -2.14. The number of nitrogens with zero attached hydrogens (tertiary/aromatic N) is 1. The lowest BCUT2D eigenvalue weighted by Crippen LogP contribution is -2.23. The van der Waals surface area contributed by atoms with Crippen molar-refractivity contribution >= 4 is 17.5 Å². The fraction of sp³-hybridized carbons (Fsp3) is 0.250. The number of nitrogens with one attached hydrogen (secondary N) is 2. The molecule has 28 heavy (non-hydrogen) atoms. The minimum absolute atomic E-state index is 0.202. The van der Waals surface area contributed by atoms with Crippen molar-refractivity contribution in [1.82, 2.24) is 5.32 Å². The second kappa shape index (κ2) is 9.83. The van der Waals surface area contributed by atoms with Crippen molar-refractivity contribution in [3.63, 3.8) is 0 Å². The standard InChI is InChI=1S/C20H21N3O5/c1-26-16-10-14(11-17(27-2)19(16)28-3)20(25)22-12-13-4-6-15(7-5-13)23-18(24)8-9-21/h4-7,10-11H,8,12H2,1-3H3,(H,22,25)(H,23,24). The number of methoxy groups -OCH3 is 3. The molecule has 0 atom stereocenters. The molecule has 8 heteroatoms. The Morgan fingerprint density at radius 2 is 1.61 bits per heavy atom. The van der Waals surface area contributed by atoms with Crippen LogP contribution in [0.4, 0.5) is 5.69 Å². The second-order valence-electron chi connectivity index (χ2n) is 5.68. The van der Waals surface area contributed by atoms with Gasteiger partial charge in [-0.15, -0.1) is 0 Å². The molecule has 2 rings (SSSR count). The van der Waals surface area contributed by atoms with E-state index < -0.39 is 0 Å². The average molecular weight is 383 g/mol. The summed E-state index contributed by atoms with van der Waals surface area (Å²) in [6, 6.07) is 11.9. The van der Waals surface area contributed by atoms with E-state index in [4.69, 9.17) is 19.5 Å². The largest absolute Gasteiger partial charge is 0.493 e. The van der Waals surface area contributed by atoms with Gasteiger partial charge in [0.2, 0.25) is 11.7 Å². The van der Waals surface area contributed by atoms with Crippen LogP contribution in [0, 0.1) is 11.3 Å². The average Bonchev–Trinajstić information content (AvgIpc) is 2.71. The summed E-state index contributed by atoms with van der Waals surface area (Å²) in [5, 5.41) is 13.9. The predicted octanol–water partition coefficient (Wildman–Crippen LogP) is 2.49. The summed E-state index contributed by atoms with van der Waals surface area (Å²) < 4.78 is 15.8. The highest BCUT2D eigenvalue weighted by atomic mass is 16.5. The van der Waals surface area contributed by atoms with Crippen LogP contribution in [0.3, 0.4) is 0 Å². The minimum Gasteiger partial charge on any atom is -0.493 e. The van der Waals surface area contributed by atoms with E-state index in [1.54, 1.807) is 42.5 Å². The van der Waals surface area contributed by atoms with E-state index in [2.05, 4.69) is 10.6 Å². The highest BCUT2D eigenvalue weighted by Gasteiger charge is 2.16. The van der Waals surface area contributed by atoms with Crippen LogP contribution in [0.1, 0.15) is 22.3 Å². The molecule has 0 unspecified atom stereocenters. The maximum Gasteiger partial charge on any atom is 0.251 e. The maximum absolute atomic E-state index is 12.5. The quantitative estimate of drug-likeness (QED) is 0.725. The number of anilines is 1. The lowest BCUT2D eigenvalue weighted by molar-refractivity contribution is -0.115. The first-order valence-corrected chi connectivity index (χ1v) is 8.36. The summed E-state index contributed by atoms with van der Waals surface area (Å²) in [4.78, 5) is 23.9. The SMILES string of the molecule is COc1cc(C(=O)NCc2ccc(NC(=O)CC#N)cc2)cc(OC)c1OC. The third-order valence-corrected chi connectivity index (χ3v) is 3.86. The summed E-state index contributed by atoms with van der Waals surface area (Å²) in [5.41, 5.74) is 1.80. The van der Waals surface area contributed by atoms with Gasteiger partial charge in [-0.3, -0.25) is 9.59 Å². The summed E-state index contributed by atoms with van der Waals surface area (Å²) in [7, 11) is 4.46. The van der Waals surface area contributed by atoms with Gasteiger partial charge in [-0.1, -0.05) is 12.1 Å². The Kier molecular flexibility index (Phi) is 7.22. The van der Waals surface area contributed by atoms with Crippen molar-refractivity contribution in [2.45, 2.75) is 13.0 Å². The van der Waals surface area contributed by atoms with E-state index >= 15 is 0 Å².